The summed E-state index contributed by atoms with van der Waals surface area (Å²) in [5, 5.41) is 0. The van der Waals surface area contributed by atoms with E-state index in [2.05, 4.69) is 19.1 Å². The molecule has 0 N–H and O–H groups in total. The molecular weight excluding hydrogens is 462 g/mol. The molecule has 1 unspecified atom stereocenters. The van der Waals surface area contributed by atoms with E-state index in [-0.39, 0.29) is 24.5 Å². The zero-order valence-electron chi connectivity index (χ0n) is 20.0. The van der Waals surface area contributed by atoms with E-state index >= 15 is 0 Å². The topological polar surface area (TPSA) is 74.2 Å². The lowest BCUT2D eigenvalue weighted by Crippen LogP contribution is -2.38. The van der Waals surface area contributed by atoms with Gasteiger partial charge in [-0.2, -0.15) is 11.8 Å². The SMILES string of the molecule is CCSCCOC(=O)C1C(C)=NC2=C(C(=O)C[C@@H](c3ccccc3)C2)[C@H]1c1ccc2c(c1)OCO2. The van der Waals surface area contributed by atoms with Crippen molar-refractivity contribution in [3.8, 4) is 11.5 Å². The van der Waals surface area contributed by atoms with E-state index in [1.807, 2.05) is 43.3 Å². The number of Topliss-reactive ketones (excluding diaryl/α,β-unsaturated/α-hetero) is 1. The number of aliphatic imine (C=N–C) groups is 1. The van der Waals surface area contributed by atoms with Crippen molar-refractivity contribution in [3.05, 3.63) is 70.9 Å². The minimum absolute atomic E-state index is 0.0401. The van der Waals surface area contributed by atoms with Crippen LogP contribution < -0.4 is 9.47 Å². The van der Waals surface area contributed by atoms with Crippen LogP contribution in [-0.2, 0) is 14.3 Å². The third-order valence-electron chi connectivity index (χ3n) is 6.85. The Kier molecular flexibility index (Phi) is 6.95. The lowest BCUT2D eigenvalue weighted by Gasteiger charge is -2.36. The number of esters is 1. The molecule has 5 rings (SSSR count). The summed E-state index contributed by atoms with van der Waals surface area (Å²) in [4.78, 5) is 31.9. The van der Waals surface area contributed by atoms with E-state index < -0.39 is 11.8 Å². The summed E-state index contributed by atoms with van der Waals surface area (Å²) in [5.41, 5.74) is 4.07. The largest absolute Gasteiger partial charge is 0.464 e. The fraction of sp³-hybridized carbons (Fsp3) is 0.393. The second-order valence-corrected chi connectivity index (χ2v) is 10.4. The fourth-order valence-electron chi connectivity index (χ4n) is 5.23. The van der Waals surface area contributed by atoms with Crippen LogP contribution in [-0.4, -0.2) is 42.4 Å². The zero-order valence-corrected chi connectivity index (χ0v) is 20.8. The van der Waals surface area contributed by atoms with Crippen LogP contribution in [0.25, 0.3) is 0 Å². The Hall–Kier alpha value is -3.06. The molecule has 0 amide bonds. The van der Waals surface area contributed by atoms with E-state index in [0.717, 1.165) is 28.3 Å². The molecule has 0 saturated carbocycles. The highest BCUT2D eigenvalue weighted by atomic mass is 32.2. The second-order valence-electron chi connectivity index (χ2n) is 8.99. The first-order valence-electron chi connectivity index (χ1n) is 12.1. The normalized spacial score (nSPS) is 23.1. The number of allylic oxidation sites excluding steroid dienone is 2. The van der Waals surface area contributed by atoms with Gasteiger partial charge in [-0.25, -0.2) is 0 Å². The van der Waals surface area contributed by atoms with Crippen molar-refractivity contribution in [2.24, 2.45) is 10.9 Å². The molecule has 1 aliphatic carbocycles. The number of hydrogen-bond donors (Lipinski definition) is 0. The third-order valence-corrected chi connectivity index (χ3v) is 7.71. The molecule has 0 saturated heterocycles. The molecule has 2 aliphatic heterocycles. The predicted octanol–water partition coefficient (Wildman–Crippen LogP) is 5.29. The molecular formula is C28H29NO5S. The maximum absolute atomic E-state index is 13.7. The number of fused-ring (bicyclic) bond motifs is 1. The molecule has 3 aliphatic rings. The van der Waals surface area contributed by atoms with Crippen LogP contribution >= 0.6 is 11.8 Å². The highest BCUT2D eigenvalue weighted by molar-refractivity contribution is 7.99. The van der Waals surface area contributed by atoms with Crippen LogP contribution in [0, 0.1) is 5.92 Å². The van der Waals surface area contributed by atoms with Crippen molar-refractivity contribution in [2.45, 2.75) is 38.5 Å². The molecule has 0 radical (unpaired) electrons. The molecule has 2 aromatic rings. The van der Waals surface area contributed by atoms with Crippen molar-refractivity contribution < 1.29 is 23.8 Å². The summed E-state index contributed by atoms with van der Waals surface area (Å²) in [6.07, 6.45) is 1.06. The number of nitrogens with zero attached hydrogens (tertiary/aromatic N) is 1. The highest BCUT2D eigenvalue weighted by Crippen LogP contribution is 2.48. The van der Waals surface area contributed by atoms with Gasteiger partial charge in [0, 0.05) is 35.1 Å². The number of ketones is 1. The molecule has 7 heteroatoms. The van der Waals surface area contributed by atoms with Gasteiger partial charge in [-0.15, -0.1) is 0 Å². The standard InChI is InChI=1S/C28H29NO5S/c1-3-35-12-11-32-28(31)25-17(2)29-21-13-20(18-7-5-4-6-8-18)14-22(30)27(21)26(25)19-9-10-23-24(15-19)34-16-33-23/h4-10,15,20,25-26H,3,11-14,16H2,1-2H3/t20-,25?,26-/m0/s1. The number of rotatable bonds is 7. The smallest absolute Gasteiger partial charge is 0.315 e. The molecule has 0 spiro atoms. The average Bonchev–Trinajstić information content (AvgIpc) is 3.34. The van der Waals surface area contributed by atoms with Gasteiger partial charge in [0.25, 0.3) is 0 Å². The first-order valence-corrected chi connectivity index (χ1v) is 13.2. The quantitative estimate of drug-likeness (QED) is 0.387. The first-order chi connectivity index (χ1) is 17.1. The monoisotopic (exact) mass is 491 g/mol. The minimum Gasteiger partial charge on any atom is -0.464 e. The molecule has 182 valence electrons. The predicted molar refractivity (Wildman–Crippen MR) is 136 cm³/mol. The molecule has 6 nitrogen and oxygen atoms in total. The van der Waals surface area contributed by atoms with Gasteiger partial charge in [0.2, 0.25) is 6.79 Å². The Morgan fingerprint density at radius 3 is 2.69 bits per heavy atom. The van der Waals surface area contributed by atoms with E-state index in [1.54, 1.807) is 11.8 Å². The van der Waals surface area contributed by atoms with E-state index in [9.17, 15) is 9.59 Å². The molecule has 0 fully saturated rings. The Morgan fingerprint density at radius 2 is 1.89 bits per heavy atom. The Labute approximate surface area is 209 Å². The zero-order chi connectivity index (χ0) is 24.4. The van der Waals surface area contributed by atoms with Crippen molar-refractivity contribution in [2.75, 3.05) is 24.9 Å². The molecule has 2 heterocycles. The van der Waals surface area contributed by atoms with Crippen LogP contribution in [0.3, 0.4) is 0 Å². The molecule has 3 atom stereocenters. The second kappa shape index (κ2) is 10.3. The van der Waals surface area contributed by atoms with Crippen molar-refractivity contribution in [1.29, 1.82) is 0 Å². The Morgan fingerprint density at radius 1 is 1.09 bits per heavy atom. The van der Waals surface area contributed by atoms with E-state index in [4.69, 9.17) is 19.2 Å². The number of carbonyl (C=O) groups is 2. The Balaban J connectivity index is 1.52. The van der Waals surface area contributed by atoms with Crippen LogP contribution in [0.1, 0.15) is 49.7 Å². The maximum Gasteiger partial charge on any atom is 0.315 e. The molecule has 0 aromatic heterocycles. The fourth-order valence-corrected chi connectivity index (χ4v) is 5.72. The van der Waals surface area contributed by atoms with Crippen molar-refractivity contribution in [1.82, 2.24) is 0 Å². The van der Waals surface area contributed by atoms with Gasteiger partial charge in [-0.05, 0) is 48.3 Å². The lowest BCUT2D eigenvalue weighted by molar-refractivity contribution is -0.145. The molecule has 0 bridgehead atoms. The molecule has 2 aromatic carbocycles. The number of carbonyl (C=O) groups excluding carboxylic acids is 2. The van der Waals surface area contributed by atoms with Crippen LogP contribution in [0.4, 0.5) is 0 Å². The highest BCUT2D eigenvalue weighted by Gasteiger charge is 2.45. The van der Waals surface area contributed by atoms with Crippen LogP contribution in [0.5, 0.6) is 11.5 Å². The van der Waals surface area contributed by atoms with E-state index in [1.165, 1.54) is 0 Å². The summed E-state index contributed by atoms with van der Waals surface area (Å²) < 4.78 is 16.8. The summed E-state index contributed by atoms with van der Waals surface area (Å²) in [5.74, 6) is 1.66. The van der Waals surface area contributed by atoms with E-state index in [0.29, 0.717) is 42.2 Å². The van der Waals surface area contributed by atoms with Gasteiger partial charge >= 0.3 is 5.97 Å². The van der Waals surface area contributed by atoms with Crippen LogP contribution in [0.15, 0.2) is 64.8 Å². The minimum atomic E-state index is -0.655. The third kappa shape index (κ3) is 4.74. The maximum atomic E-state index is 13.7. The lowest BCUT2D eigenvalue weighted by atomic mass is 9.69. The van der Waals surface area contributed by atoms with Gasteiger partial charge in [0.1, 0.15) is 12.5 Å². The van der Waals surface area contributed by atoms with Gasteiger partial charge in [0.15, 0.2) is 17.3 Å². The summed E-state index contributed by atoms with van der Waals surface area (Å²) in [6, 6.07) is 15.8. The van der Waals surface area contributed by atoms with Gasteiger partial charge < -0.3 is 14.2 Å². The van der Waals surface area contributed by atoms with Gasteiger partial charge in [-0.1, -0.05) is 43.3 Å². The summed E-state index contributed by atoms with van der Waals surface area (Å²) >= 11 is 1.72. The van der Waals surface area contributed by atoms with Crippen molar-refractivity contribution >= 4 is 29.2 Å². The van der Waals surface area contributed by atoms with Gasteiger partial charge in [0.05, 0.1) is 0 Å². The number of ether oxygens (including phenoxy) is 3. The average molecular weight is 492 g/mol. The summed E-state index contributed by atoms with van der Waals surface area (Å²) in [7, 11) is 0. The van der Waals surface area contributed by atoms with Crippen LogP contribution in [0.2, 0.25) is 0 Å². The van der Waals surface area contributed by atoms with Crippen molar-refractivity contribution in [3.63, 3.8) is 0 Å². The molecule has 35 heavy (non-hydrogen) atoms. The number of benzene rings is 2. The van der Waals surface area contributed by atoms with Gasteiger partial charge in [-0.3, -0.25) is 14.6 Å². The number of hydrogen-bond acceptors (Lipinski definition) is 7. The Bertz CT molecular complexity index is 1190. The number of thioether (sulfide) groups is 1. The first kappa shape index (κ1) is 23.7. The summed E-state index contributed by atoms with van der Waals surface area (Å²) in [6.45, 7) is 4.44.